The lowest BCUT2D eigenvalue weighted by Crippen LogP contribution is -1.96. The molecule has 0 aliphatic carbocycles. The molecular formula is C16H15N3OS. The summed E-state index contributed by atoms with van der Waals surface area (Å²) in [4.78, 5) is 6.81. The second kappa shape index (κ2) is 5.58. The molecule has 2 aromatic heterocycles. The standard InChI is InChI=1S/C16H15N3OS/c1-3-20-14-7-5-4-6-12(14)15-13(8-9-17)19-10-11(2)21-16(19)18-15/h4-7,10H,3,8H2,1-2H3. The van der Waals surface area contributed by atoms with E-state index in [4.69, 9.17) is 15.0 Å². The third-order valence-electron chi connectivity index (χ3n) is 3.23. The number of imidazole rings is 1. The van der Waals surface area contributed by atoms with Crippen LogP contribution in [0.25, 0.3) is 16.2 Å². The van der Waals surface area contributed by atoms with Crippen LogP contribution in [0.2, 0.25) is 0 Å². The van der Waals surface area contributed by atoms with Crippen molar-refractivity contribution in [3.63, 3.8) is 0 Å². The molecule has 0 saturated heterocycles. The Morgan fingerprint density at radius 3 is 2.95 bits per heavy atom. The van der Waals surface area contributed by atoms with Crippen molar-refractivity contribution in [3.05, 3.63) is 41.0 Å². The monoisotopic (exact) mass is 297 g/mol. The summed E-state index contributed by atoms with van der Waals surface area (Å²) < 4.78 is 7.71. The van der Waals surface area contributed by atoms with E-state index in [0.29, 0.717) is 13.0 Å². The van der Waals surface area contributed by atoms with Gasteiger partial charge in [-0.3, -0.25) is 4.40 Å². The summed E-state index contributed by atoms with van der Waals surface area (Å²) in [6.45, 7) is 4.61. The van der Waals surface area contributed by atoms with Gasteiger partial charge in [-0.15, -0.1) is 11.3 Å². The maximum absolute atomic E-state index is 9.13. The number of thiazole rings is 1. The van der Waals surface area contributed by atoms with Crippen LogP contribution in [0.15, 0.2) is 30.5 Å². The Morgan fingerprint density at radius 1 is 1.38 bits per heavy atom. The second-order valence-electron chi connectivity index (χ2n) is 4.67. The zero-order chi connectivity index (χ0) is 14.8. The van der Waals surface area contributed by atoms with E-state index in [1.54, 1.807) is 11.3 Å². The molecule has 0 aliphatic rings. The molecular weight excluding hydrogens is 282 g/mol. The van der Waals surface area contributed by atoms with Gasteiger partial charge >= 0.3 is 0 Å². The first-order valence-corrected chi connectivity index (χ1v) is 7.62. The molecule has 0 N–H and O–H groups in total. The molecule has 0 bridgehead atoms. The molecule has 21 heavy (non-hydrogen) atoms. The summed E-state index contributed by atoms with van der Waals surface area (Å²) in [7, 11) is 0. The fraction of sp³-hybridized carbons (Fsp3) is 0.250. The van der Waals surface area contributed by atoms with Crippen LogP contribution in [-0.2, 0) is 6.42 Å². The number of ether oxygens (including phenoxy) is 1. The molecule has 5 heteroatoms. The van der Waals surface area contributed by atoms with Crippen LogP contribution in [0.5, 0.6) is 5.75 Å². The number of nitriles is 1. The SMILES string of the molecule is CCOc1ccccc1-c1nc2sc(C)cn2c1CC#N. The van der Waals surface area contributed by atoms with E-state index >= 15 is 0 Å². The maximum Gasteiger partial charge on any atom is 0.194 e. The number of aromatic nitrogens is 2. The molecule has 0 fully saturated rings. The van der Waals surface area contributed by atoms with Gasteiger partial charge in [0.15, 0.2) is 4.96 Å². The molecule has 0 atom stereocenters. The molecule has 1 aromatic carbocycles. The van der Waals surface area contributed by atoms with Crippen molar-refractivity contribution in [1.82, 2.24) is 9.38 Å². The maximum atomic E-state index is 9.13. The van der Waals surface area contributed by atoms with Gasteiger partial charge in [0, 0.05) is 16.6 Å². The summed E-state index contributed by atoms with van der Waals surface area (Å²) >= 11 is 1.63. The zero-order valence-corrected chi connectivity index (χ0v) is 12.8. The average Bonchev–Trinajstić information content (AvgIpc) is 2.98. The molecule has 106 valence electrons. The highest BCUT2D eigenvalue weighted by Crippen LogP contribution is 2.34. The number of rotatable bonds is 4. The topological polar surface area (TPSA) is 50.3 Å². The van der Waals surface area contributed by atoms with Gasteiger partial charge < -0.3 is 4.74 Å². The number of para-hydroxylation sites is 1. The van der Waals surface area contributed by atoms with Crippen molar-refractivity contribution in [2.75, 3.05) is 6.61 Å². The Kier molecular flexibility index (Phi) is 3.63. The predicted octanol–water partition coefficient (Wildman–Crippen LogP) is 3.84. The van der Waals surface area contributed by atoms with Crippen molar-refractivity contribution in [1.29, 1.82) is 5.26 Å². The van der Waals surface area contributed by atoms with Crippen LogP contribution in [-0.4, -0.2) is 16.0 Å². The lowest BCUT2D eigenvalue weighted by molar-refractivity contribution is 0.341. The van der Waals surface area contributed by atoms with Gasteiger partial charge in [-0.1, -0.05) is 12.1 Å². The summed E-state index contributed by atoms with van der Waals surface area (Å²) in [5, 5.41) is 9.13. The quantitative estimate of drug-likeness (QED) is 0.735. The highest BCUT2D eigenvalue weighted by atomic mass is 32.1. The minimum Gasteiger partial charge on any atom is -0.493 e. The van der Waals surface area contributed by atoms with E-state index in [1.807, 2.05) is 48.7 Å². The van der Waals surface area contributed by atoms with E-state index in [-0.39, 0.29) is 0 Å². The first-order chi connectivity index (χ1) is 10.2. The predicted molar refractivity (Wildman–Crippen MR) is 83.7 cm³/mol. The minimum atomic E-state index is 0.327. The molecule has 0 aliphatic heterocycles. The van der Waals surface area contributed by atoms with E-state index in [0.717, 1.165) is 27.7 Å². The molecule has 0 spiro atoms. The molecule has 0 saturated carbocycles. The van der Waals surface area contributed by atoms with E-state index in [9.17, 15) is 0 Å². The largest absolute Gasteiger partial charge is 0.493 e. The van der Waals surface area contributed by atoms with Crippen LogP contribution in [0.4, 0.5) is 0 Å². The smallest absolute Gasteiger partial charge is 0.194 e. The first kappa shape index (κ1) is 13.7. The Balaban J connectivity index is 2.22. The Morgan fingerprint density at radius 2 is 2.19 bits per heavy atom. The fourth-order valence-electron chi connectivity index (χ4n) is 2.40. The van der Waals surface area contributed by atoms with E-state index in [1.165, 1.54) is 4.88 Å². The summed E-state index contributed by atoms with van der Waals surface area (Å²) in [5.74, 6) is 0.807. The van der Waals surface area contributed by atoms with Gasteiger partial charge in [0.1, 0.15) is 5.75 Å². The Hall–Kier alpha value is -2.32. The molecule has 2 heterocycles. The van der Waals surface area contributed by atoms with Gasteiger partial charge in [-0.25, -0.2) is 4.98 Å². The second-order valence-corrected chi connectivity index (χ2v) is 5.88. The zero-order valence-electron chi connectivity index (χ0n) is 12.0. The summed E-state index contributed by atoms with van der Waals surface area (Å²) in [6, 6.07) is 10.1. The van der Waals surface area contributed by atoms with Gasteiger partial charge in [-0.2, -0.15) is 5.26 Å². The average molecular weight is 297 g/mol. The highest BCUT2D eigenvalue weighted by Gasteiger charge is 2.18. The Labute approximate surface area is 127 Å². The Bertz CT molecular complexity index is 826. The van der Waals surface area contributed by atoms with Crippen LogP contribution in [0.1, 0.15) is 17.5 Å². The first-order valence-electron chi connectivity index (χ1n) is 6.81. The number of nitrogens with zero attached hydrogens (tertiary/aromatic N) is 3. The van der Waals surface area contributed by atoms with Crippen molar-refractivity contribution < 1.29 is 4.74 Å². The van der Waals surface area contributed by atoms with E-state index < -0.39 is 0 Å². The molecule has 4 nitrogen and oxygen atoms in total. The van der Waals surface area contributed by atoms with E-state index in [2.05, 4.69) is 6.07 Å². The number of hydrogen-bond donors (Lipinski definition) is 0. The normalized spacial score (nSPS) is 10.7. The van der Waals surface area contributed by atoms with Crippen LogP contribution >= 0.6 is 11.3 Å². The summed E-state index contributed by atoms with van der Waals surface area (Å²) in [5.41, 5.74) is 2.70. The number of benzene rings is 1. The van der Waals surface area contributed by atoms with Crippen LogP contribution < -0.4 is 4.74 Å². The van der Waals surface area contributed by atoms with Gasteiger partial charge in [0.2, 0.25) is 0 Å². The third kappa shape index (κ3) is 2.39. The fourth-order valence-corrected chi connectivity index (χ4v) is 3.25. The lowest BCUT2D eigenvalue weighted by Gasteiger charge is -2.09. The number of fused-ring (bicyclic) bond motifs is 1. The summed E-state index contributed by atoms with van der Waals surface area (Å²) in [6.07, 6.45) is 2.36. The number of aryl methyl sites for hydroxylation is 1. The number of hydrogen-bond acceptors (Lipinski definition) is 4. The van der Waals surface area contributed by atoms with Gasteiger partial charge in [0.25, 0.3) is 0 Å². The molecule has 0 amide bonds. The van der Waals surface area contributed by atoms with Crippen LogP contribution in [0.3, 0.4) is 0 Å². The minimum absolute atomic E-state index is 0.327. The van der Waals surface area contributed by atoms with Gasteiger partial charge in [-0.05, 0) is 26.0 Å². The van der Waals surface area contributed by atoms with Crippen molar-refractivity contribution in [3.8, 4) is 23.1 Å². The molecule has 0 unspecified atom stereocenters. The van der Waals surface area contributed by atoms with Crippen molar-refractivity contribution in [2.45, 2.75) is 20.3 Å². The van der Waals surface area contributed by atoms with Gasteiger partial charge in [0.05, 0.1) is 30.5 Å². The molecule has 0 radical (unpaired) electrons. The van der Waals surface area contributed by atoms with Crippen molar-refractivity contribution >= 4 is 16.3 Å². The highest BCUT2D eigenvalue weighted by molar-refractivity contribution is 7.17. The molecule has 3 aromatic rings. The lowest BCUT2D eigenvalue weighted by atomic mass is 10.1. The van der Waals surface area contributed by atoms with Crippen molar-refractivity contribution in [2.24, 2.45) is 0 Å². The third-order valence-corrected chi connectivity index (χ3v) is 4.13. The van der Waals surface area contributed by atoms with Crippen LogP contribution in [0, 0.1) is 18.3 Å². The molecule has 3 rings (SSSR count).